The number of methoxy groups -OCH3 is 2. The van der Waals surface area contributed by atoms with Crippen LogP contribution in [0.4, 0.5) is 22.7 Å². The lowest BCUT2D eigenvalue weighted by Crippen LogP contribution is -2.29. The fourth-order valence-corrected chi connectivity index (χ4v) is 6.73. The lowest BCUT2D eigenvalue weighted by Gasteiger charge is -2.40. The Hall–Kier alpha value is -5.48. The van der Waals surface area contributed by atoms with Crippen molar-refractivity contribution in [3.05, 3.63) is 133 Å². The first kappa shape index (κ1) is 29.2. The van der Waals surface area contributed by atoms with Gasteiger partial charge in [-0.05, 0) is 107 Å². The second-order valence-electron chi connectivity index (χ2n) is 11.5. The predicted molar refractivity (Wildman–Crippen MR) is 193 cm³/mol. The van der Waals surface area contributed by atoms with Gasteiger partial charge in [0.1, 0.15) is 11.5 Å². The van der Waals surface area contributed by atoms with Crippen LogP contribution in [-0.4, -0.2) is 27.3 Å². The molecule has 0 amide bonds. The first-order chi connectivity index (χ1) is 22.6. The van der Waals surface area contributed by atoms with Crippen molar-refractivity contribution >= 4 is 22.7 Å². The SMILES string of the molecule is CCN1c2ccc(-c3ccc(OC)cc3-c3ccccc3)cc2N(CC)c2ccc(-c3ccc(OC)cc3-c3ccccc3)cc21. The number of rotatable bonds is 8. The molecule has 1 heterocycles. The van der Waals surface area contributed by atoms with Gasteiger partial charge in [0, 0.05) is 13.1 Å². The molecule has 0 saturated carbocycles. The Morgan fingerprint density at radius 3 is 1.17 bits per heavy atom. The van der Waals surface area contributed by atoms with E-state index in [4.69, 9.17) is 9.47 Å². The minimum absolute atomic E-state index is 0.852. The van der Waals surface area contributed by atoms with E-state index in [2.05, 4.69) is 157 Å². The molecule has 0 saturated heterocycles. The molecule has 0 bridgehead atoms. The van der Waals surface area contributed by atoms with Crippen LogP contribution >= 0.6 is 0 Å². The van der Waals surface area contributed by atoms with E-state index in [1.165, 1.54) is 56.1 Å². The molecule has 7 rings (SSSR count). The molecule has 0 N–H and O–H groups in total. The van der Waals surface area contributed by atoms with Crippen molar-refractivity contribution in [2.24, 2.45) is 0 Å². The third-order valence-electron chi connectivity index (χ3n) is 8.99. The Labute approximate surface area is 272 Å². The number of ether oxygens (including phenoxy) is 2. The van der Waals surface area contributed by atoms with Gasteiger partial charge in [0.15, 0.2) is 0 Å². The van der Waals surface area contributed by atoms with Gasteiger partial charge < -0.3 is 19.3 Å². The topological polar surface area (TPSA) is 24.9 Å². The smallest absolute Gasteiger partial charge is 0.119 e. The zero-order chi connectivity index (χ0) is 31.6. The summed E-state index contributed by atoms with van der Waals surface area (Å²) in [6, 6.07) is 47.6. The van der Waals surface area contributed by atoms with E-state index in [-0.39, 0.29) is 0 Å². The summed E-state index contributed by atoms with van der Waals surface area (Å²) < 4.78 is 11.2. The van der Waals surface area contributed by atoms with E-state index in [0.29, 0.717) is 0 Å². The molecule has 0 radical (unpaired) electrons. The summed E-state index contributed by atoms with van der Waals surface area (Å²) >= 11 is 0. The third-order valence-corrected chi connectivity index (χ3v) is 8.99. The highest BCUT2D eigenvalue weighted by molar-refractivity contribution is 5.98. The van der Waals surface area contributed by atoms with Crippen LogP contribution < -0.4 is 19.3 Å². The van der Waals surface area contributed by atoms with E-state index in [1.54, 1.807) is 14.2 Å². The van der Waals surface area contributed by atoms with E-state index >= 15 is 0 Å². The number of hydrogen-bond donors (Lipinski definition) is 0. The fourth-order valence-electron chi connectivity index (χ4n) is 6.73. The quantitative estimate of drug-likeness (QED) is 0.173. The van der Waals surface area contributed by atoms with Crippen molar-refractivity contribution in [1.29, 1.82) is 0 Å². The monoisotopic (exact) mass is 602 g/mol. The highest BCUT2D eigenvalue weighted by Gasteiger charge is 2.28. The Morgan fingerprint density at radius 1 is 0.391 bits per heavy atom. The molecule has 6 aromatic rings. The Balaban J connectivity index is 1.34. The largest absolute Gasteiger partial charge is 0.497 e. The third kappa shape index (κ3) is 5.16. The van der Waals surface area contributed by atoms with Crippen LogP contribution in [-0.2, 0) is 0 Å². The van der Waals surface area contributed by atoms with Crippen molar-refractivity contribution in [3.63, 3.8) is 0 Å². The second-order valence-corrected chi connectivity index (χ2v) is 11.5. The van der Waals surface area contributed by atoms with Gasteiger partial charge in [0.25, 0.3) is 0 Å². The van der Waals surface area contributed by atoms with Gasteiger partial charge in [-0.1, -0.05) is 84.9 Å². The molecule has 6 aromatic carbocycles. The summed E-state index contributed by atoms with van der Waals surface area (Å²) in [6.07, 6.45) is 0. The average molecular weight is 603 g/mol. The molecule has 0 fully saturated rings. The standard InChI is InChI=1S/C42H38N2O2/c1-5-43-39-23-17-32(36-22-20-34(46-4)28-38(36)30-15-11-8-12-16-30)26-42(39)44(6-2)40-24-18-31(25-41(40)43)35-21-19-33(45-3)27-37(35)29-13-9-7-10-14-29/h7-28H,5-6H2,1-4H3. The van der Waals surface area contributed by atoms with Crippen molar-refractivity contribution in [3.8, 4) is 56.0 Å². The molecule has 0 aliphatic carbocycles. The van der Waals surface area contributed by atoms with Gasteiger partial charge in [-0.15, -0.1) is 0 Å². The van der Waals surface area contributed by atoms with Gasteiger partial charge in [-0.3, -0.25) is 0 Å². The number of hydrogen-bond acceptors (Lipinski definition) is 4. The lowest BCUT2D eigenvalue weighted by atomic mass is 9.92. The number of nitrogens with zero attached hydrogens (tertiary/aromatic N) is 2. The van der Waals surface area contributed by atoms with Crippen LogP contribution in [0.25, 0.3) is 44.5 Å². The second kappa shape index (κ2) is 12.5. The van der Waals surface area contributed by atoms with Crippen molar-refractivity contribution in [1.82, 2.24) is 0 Å². The molecule has 1 aliphatic heterocycles. The molecule has 0 unspecified atom stereocenters. The zero-order valence-electron chi connectivity index (χ0n) is 26.8. The van der Waals surface area contributed by atoms with Gasteiger partial charge in [-0.2, -0.15) is 0 Å². The van der Waals surface area contributed by atoms with Crippen molar-refractivity contribution in [2.45, 2.75) is 13.8 Å². The Bertz CT molecular complexity index is 1860. The summed E-state index contributed by atoms with van der Waals surface area (Å²) in [5.74, 6) is 1.70. The summed E-state index contributed by atoms with van der Waals surface area (Å²) in [6.45, 7) is 6.17. The minimum atomic E-state index is 0.852. The number of benzene rings is 6. The van der Waals surface area contributed by atoms with Crippen LogP contribution in [0.2, 0.25) is 0 Å². The fraction of sp³-hybridized carbons (Fsp3) is 0.143. The first-order valence-corrected chi connectivity index (χ1v) is 15.9. The van der Waals surface area contributed by atoms with Crippen LogP contribution in [0.15, 0.2) is 133 Å². The molecule has 1 aliphatic rings. The summed E-state index contributed by atoms with van der Waals surface area (Å²) in [5, 5.41) is 0. The molecule has 0 aromatic heterocycles. The molecule has 228 valence electrons. The van der Waals surface area contributed by atoms with Gasteiger partial charge >= 0.3 is 0 Å². The van der Waals surface area contributed by atoms with Crippen LogP contribution in [0.5, 0.6) is 11.5 Å². The highest BCUT2D eigenvalue weighted by atomic mass is 16.5. The Kier molecular flexibility index (Phi) is 7.94. The number of fused-ring (bicyclic) bond motifs is 2. The average Bonchev–Trinajstić information content (AvgIpc) is 3.13. The maximum atomic E-state index is 5.62. The first-order valence-electron chi connectivity index (χ1n) is 15.9. The lowest BCUT2D eigenvalue weighted by molar-refractivity contribution is 0.415. The molecule has 4 heteroatoms. The van der Waals surface area contributed by atoms with Gasteiger partial charge in [0.05, 0.1) is 37.0 Å². The maximum absolute atomic E-state index is 5.62. The van der Waals surface area contributed by atoms with Crippen molar-refractivity contribution in [2.75, 3.05) is 37.1 Å². The summed E-state index contributed by atoms with van der Waals surface area (Å²) in [7, 11) is 3.45. The van der Waals surface area contributed by atoms with Crippen LogP contribution in [0, 0.1) is 0 Å². The molecular formula is C42H38N2O2. The van der Waals surface area contributed by atoms with Crippen molar-refractivity contribution < 1.29 is 9.47 Å². The normalized spacial score (nSPS) is 12.0. The molecule has 0 spiro atoms. The predicted octanol–water partition coefficient (Wildman–Crippen LogP) is 11.0. The molecular weight excluding hydrogens is 564 g/mol. The minimum Gasteiger partial charge on any atom is -0.497 e. The zero-order valence-corrected chi connectivity index (χ0v) is 26.8. The summed E-state index contributed by atoms with van der Waals surface area (Å²) in [5.41, 5.74) is 14.2. The molecule has 0 atom stereocenters. The van der Waals surface area contributed by atoms with E-state index in [1.807, 2.05) is 0 Å². The van der Waals surface area contributed by atoms with Gasteiger partial charge in [0.2, 0.25) is 0 Å². The van der Waals surface area contributed by atoms with E-state index < -0.39 is 0 Å². The highest BCUT2D eigenvalue weighted by Crippen LogP contribution is 2.51. The van der Waals surface area contributed by atoms with Crippen LogP contribution in [0.1, 0.15) is 13.8 Å². The molecule has 4 nitrogen and oxygen atoms in total. The van der Waals surface area contributed by atoms with Crippen LogP contribution in [0.3, 0.4) is 0 Å². The van der Waals surface area contributed by atoms with Gasteiger partial charge in [-0.25, -0.2) is 0 Å². The van der Waals surface area contributed by atoms with E-state index in [0.717, 1.165) is 35.7 Å². The van der Waals surface area contributed by atoms with E-state index in [9.17, 15) is 0 Å². The molecule has 46 heavy (non-hydrogen) atoms. The summed E-state index contributed by atoms with van der Waals surface area (Å²) in [4.78, 5) is 4.89. The maximum Gasteiger partial charge on any atom is 0.119 e. The Morgan fingerprint density at radius 2 is 0.804 bits per heavy atom. The number of anilines is 4.